The van der Waals surface area contributed by atoms with E-state index in [0.29, 0.717) is 0 Å². The summed E-state index contributed by atoms with van der Waals surface area (Å²) in [5.41, 5.74) is -1.61. The molecule has 3 N–H and O–H groups in total. The number of aromatic nitrogens is 2. The predicted octanol–water partition coefficient (Wildman–Crippen LogP) is 3.66. The fraction of sp³-hybridized carbons (Fsp3) is 0.353. The molecular formula is C17H19F3N4O3. The molecule has 2 aromatic rings. The Labute approximate surface area is 153 Å². The van der Waals surface area contributed by atoms with Crippen molar-refractivity contribution in [3.63, 3.8) is 0 Å². The van der Waals surface area contributed by atoms with Gasteiger partial charge in [-0.25, -0.2) is 9.48 Å². The van der Waals surface area contributed by atoms with Gasteiger partial charge in [-0.15, -0.1) is 0 Å². The molecule has 0 unspecified atom stereocenters. The number of benzene rings is 1. The number of aliphatic carboxylic acids is 1. The zero-order valence-corrected chi connectivity index (χ0v) is 14.7. The van der Waals surface area contributed by atoms with E-state index in [1.165, 1.54) is 23.1 Å². The summed E-state index contributed by atoms with van der Waals surface area (Å²) >= 11 is 0. The highest BCUT2D eigenvalue weighted by Gasteiger charge is 2.31. The second-order valence-corrected chi connectivity index (χ2v) is 6.54. The lowest BCUT2D eigenvalue weighted by molar-refractivity contribution is -0.138. The number of nitrogens with one attached hydrogen (secondary N) is 2. The highest BCUT2D eigenvalue weighted by atomic mass is 19.4. The maximum atomic E-state index is 13.0. The molecule has 0 aliphatic heterocycles. The van der Waals surface area contributed by atoms with Crippen LogP contribution in [0, 0.1) is 0 Å². The number of rotatable bonds is 6. The van der Waals surface area contributed by atoms with Gasteiger partial charge in [-0.3, -0.25) is 4.79 Å². The van der Waals surface area contributed by atoms with Crippen molar-refractivity contribution in [2.45, 2.75) is 38.4 Å². The number of urea groups is 1. The summed E-state index contributed by atoms with van der Waals surface area (Å²) < 4.78 is 40.4. The standard InChI is InChI=1S/C17H19F3N4O3/c1-16(2,7-6-14(25)26)23-15(27)22-12-10-11(17(18,19)20)4-5-13(12)24-9-3-8-21-24/h3-5,8-10H,6-7H2,1-2H3,(H,25,26)(H2,22,23,27). The average molecular weight is 384 g/mol. The van der Waals surface area contributed by atoms with Crippen molar-refractivity contribution < 1.29 is 27.9 Å². The largest absolute Gasteiger partial charge is 0.481 e. The Morgan fingerprint density at radius 1 is 1.26 bits per heavy atom. The third kappa shape index (κ3) is 5.73. The summed E-state index contributed by atoms with van der Waals surface area (Å²) in [4.78, 5) is 23.0. The summed E-state index contributed by atoms with van der Waals surface area (Å²) in [6.45, 7) is 3.24. The number of amides is 2. The highest BCUT2D eigenvalue weighted by molar-refractivity contribution is 5.92. The molecule has 0 saturated carbocycles. The maximum Gasteiger partial charge on any atom is 0.416 e. The van der Waals surface area contributed by atoms with Gasteiger partial charge >= 0.3 is 18.2 Å². The molecule has 0 aliphatic carbocycles. The molecule has 27 heavy (non-hydrogen) atoms. The third-order valence-electron chi connectivity index (χ3n) is 3.74. The molecule has 0 radical (unpaired) electrons. The van der Waals surface area contributed by atoms with Crippen molar-refractivity contribution in [1.82, 2.24) is 15.1 Å². The van der Waals surface area contributed by atoms with E-state index in [0.717, 1.165) is 12.1 Å². The molecule has 0 fully saturated rings. The smallest absolute Gasteiger partial charge is 0.416 e. The molecule has 1 aromatic heterocycles. The third-order valence-corrected chi connectivity index (χ3v) is 3.74. The van der Waals surface area contributed by atoms with E-state index >= 15 is 0 Å². The number of anilines is 1. The van der Waals surface area contributed by atoms with Crippen molar-refractivity contribution in [2.24, 2.45) is 0 Å². The Bertz CT molecular complexity index is 817. The van der Waals surface area contributed by atoms with Crippen LogP contribution in [0.5, 0.6) is 0 Å². The molecule has 1 aromatic carbocycles. The number of carbonyl (C=O) groups is 2. The lowest BCUT2D eigenvalue weighted by atomic mass is 9.99. The first-order valence-electron chi connectivity index (χ1n) is 8.00. The molecule has 0 atom stereocenters. The van der Waals surface area contributed by atoms with Crippen molar-refractivity contribution in [2.75, 3.05) is 5.32 Å². The predicted molar refractivity (Wildman–Crippen MR) is 91.7 cm³/mol. The first-order valence-corrected chi connectivity index (χ1v) is 8.00. The van der Waals surface area contributed by atoms with Gasteiger partial charge in [0, 0.05) is 24.4 Å². The van der Waals surface area contributed by atoms with E-state index in [4.69, 9.17) is 5.11 Å². The molecule has 10 heteroatoms. The summed E-state index contributed by atoms with van der Waals surface area (Å²) in [5, 5.41) is 17.7. The van der Waals surface area contributed by atoms with Crippen LogP contribution in [-0.4, -0.2) is 32.4 Å². The minimum atomic E-state index is -4.57. The molecule has 0 spiro atoms. The van der Waals surface area contributed by atoms with Crippen LogP contribution in [0.15, 0.2) is 36.7 Å². The zero-order valence-electron chi connectivity index (χ0n) is 14.7. The Hall–Kier alpha value is -3.04. The van der Waals surface area contributed by atoms with Crippen LogP contribution in [0.4, 0.5) is 23.7 Å². The second-order valence-electron chi connectivity index (χ2n) is 6.54. The van der Waals surface area contributed by atoms with E-state index in [1.807, 2.05) is 0 Å². The van der Waals surface area contributed by atoms with Crippen LogP contribution in [0.3, 0.4) is 0 Å². The fourth-order valence-electron chi connectivity index (χ4n) is 2.37. The van der Waals surface area contributed by atoms with Gasteiger partial charge in [0.1, 0.15) is 0 Å². The Balaban J connectivity index is 2.25. The van der Waals surface area contributed by atoms with E-state index in [9.17, 15) is 22.8 Å². The quantitative estimate of drug-likeness (QED) is 0.708. The van der Waals surface area contributed by atoms with Gasteiger partial charge in [0.25, 0.3) is 0 Å². The average Bonchev–Trinajstić information content (AvgIpc) is 3.05. The number of hydrogen-bond donors (Lipinski definition) is 3. The van der Waals surface area contributed by atoms with Gasteiger partial charge in [0.15, 0.2) is 0 Å². The summed E-state index contributed by atoms with van der Waals surface area (Å²) in [6.07, 6.45) is -1.59. The lowest BCUT2D eigenvalue weighted by Crippen LogP contribution is -2.45. The number of hydrogen-bond acceptors (Lipinski definition) is 3. The number of carboxylic acids is 1. The molecule has 2 rings (SSSR count). The SMILES string of the molecule is CC(C)(CCC(=O)O)NC(=O)Nc1cc(C(F)(F)F)ccc1-n1cccn1. The molecule has 0 bridgehead atoms. The van der Waals surface area contributed by atoms with Crippen LogP contribution < -0.4 is 10.6 Å². The van der Waals surface area contributed by atoms with E-state index in [1.54, 1.807) is 19.9 Å². The molecular weight excluding hydrogens is 365 g/mol. The molecule has 7 nitrogen and oxygen atoms in total. The number of carboxylic acid groups (broad SMARTS) is 1. The Morgan fingerprint density at radius 2 is 1.96 bits per heavy atom. The molecule has 0 saturated heterocycles. The van der Waals surface area contributed by atoms with E-state index in [-0.39, 0.29) is 24.2 Å². The number of alkyl halides is 3. The first-order chi connectivity index (χ1) is 12.5. The molecule has 2 amide bonds. The van der Waals surface area contributed by atoms with Crippen LogP contribution in [-0.2, 0) is 11.0 Å². The minimum Gasteiger partial charge on any atom is -0.481 e. The molecule has 146 valence electrons. The van der Waals surface area contributed by atoms with E-state index < -0.39 is 29.3 Å². The van der Waals surface area contributed by atoms with Crippen LogP contribution in [0.25, 0.3) is 5.69 Å². The summed E-state index contributed by atoms with van der Waals surface area (Å²) in [6, 6.07) is 3.77. The number of halogens is 3. The van der Waals surface area contributed by atoms with Crippen molar-refractivity contribution in [3.05, 3.63) is 42.2 Å². The summed E-state index contributed by atoms with van der Waals surface area (Å²) in [5.74, 6) is -1.01. The van der Waals surface area contributed by atoms with E-state index in [2.05, 4.69) is 15.7 Å². The van der Waals surface area contributed by atoms with Gasteiger partial charge in [-0.05, 0) is 44.5 Å². The molecule has 1 heterocycles. The van der Waals surface area contributed by atoms with Crippen LogP contribution in [0.1, 0.15) is 32.3 Å². The second kappa shape index (κ2) is 7.68. The minimum absolute atomic E-state index is 0.0833. The Kier molecular flexibility index (Phi) is 5.77. The lowest BCUT2D eigenvalue weighted by Gasteiger charge is -2.26. The Morgan fingerprint density at radius 3 is 2.52 bits per heavy atom. The zero-order chi connectivity index (χ0) is 20.2. The van der Waals surface area contributed by atoms with Crippen molar-refractivity contribution in [3.8, 4) is 5.69 Å². The van der Waals surface area contributed by atoms with Gasteiger partial charge in [-0.2, -0.15) is 18.3 Å². The maximum absolute atomic E-state index is 13.0. The van der Waals surface area contributed by atoms with Gasteiger partial charge in [0.05, 0.1) is 16.9 Å². The van der Waals surface area contributed by atoms with Crippen molar-refractivity contribution >= 4 is 17.7 Å². The molecule has 0 aliphatic rings. The first kappa shape index (κ1) is 20.3. The number of carbonyl (C=O) groups excluding carboxylic acids is 1. The topological polar surface area (TPSA) is 96.3 Å². The van der Waals surface area contributed by atoms with Gasteiger partial charge in [-0.1, -0.05) is 0 Å². The fourth-order valence-corrected chi connectivity index (χ4v) is 2.37. The van der Waals surface area contributed by atoms with Gasteiger partial charge in [0.2, 0.25) is 0 Å². The van der Waals surface area contributed by atoms with Crippen LogP contribution in [0.2, 0.25) is 0 Å². The number of nitrogens with zero attached hydrogens (tertiary/aromatic N) is 2. The van der Waals surface area contributed by atoms with Crippen LogP contribution >= 0.6 is 0 Å². The monoisotopic (exact) mass is 384 g/mol. The summed E-state index contributed by atoms with van der Waals surface area (Å²) in [7, 11) is 0. The van der Waals surface area contributed by atoms with Gasteiger partial charge < -0.3 is 15.7 Å². The van der Waals surface area contributed by atoms with Crippen molar-refractivity contribution in [1.29, 1.82) is 0 Å². The highest BCUT2D eigenvalue weighted by Crippen LogP contribution is 2.33. The normalized spacial score (nSPS) is 11.9.